The molecule has 1 aromatic heterocycles. The summed E-state index contributed by atoms with van der Waals surface area (Å²) in [5, 5.41) is 5.83. The first-order valence-corrected chi connectivity index (χ1v) is 9.19. The van der Waals surface area contributed by atoms with E-state index in [4.69, 9.17) is 9.47 Å². The van der Waals surface area contributed by atoms with Crippen molar-refractivity contribution in [3.05, 3.63) is 71.9 Å². The average Bonchev–Trinajstić information content (AvgIpc) is 2.75. The fraction of sp³-hybridized carbons (Fsp3) is 0.190. The van der Waals surface area contributed by atoms with E-state index >= 15 is 0 Å². The van der Waals surface area contributed by atoms with Gasteiger partial charge >= 0.3 is 0 Å². The van der Waals surface area contributed by atoms with Gasteiger partial charge in [-0.3, -0.25) is 4.79 Å². The molecule has 2 heterocycles. The summed E-state index contributed by atoms with van der Waals surface area (Å²) in [5.74, 6) is 1.22. The van der Waals surface area contributed by atoms with E-state index < -0.39 is 0 Å². The molecule has 3 aromatic rings. The van der Waals surface area contributed by atoms with Crippen LogP contribution >= 0.6 is 0 Å². The molecule has 0 spiro atoms. The molecular weight excluding hydrogens is 375 g/mol. The smallest absolute Gasteiger partial charge is 0.271 e. The molecule has 0 saturated carbocycles. The molecule has 0 unspecified atom stereocenters. The zero-order valence-corrected chi connectivity index (χ0v) is 15.5. The number of amides is 1. The van der Waals surface area contributed by atoms with Crippen LogP contribution in [0.4, 0.5) is 15.9 Å². The lowest BCUT2D eigenvalue weighted by Crippen LogP contribution is -2.26. The van der Waals surface area contributed by atoms with Crippen LogP contribution in [-0.2, 0) is 6.42 Å². The first-order valence-electron chi connectivity index (χ1n) is 9.19. The number of nitrogens with one attached hydrogen (secondary N) is 2. The molecular formula is C21H19FN4O3. The Morgan fingerprint density at radius 3 is 2.66 bits per heavy atom. The minimum absolute atomic E-state index is 0.186. The van der Waals surface area contributed by atoms with Crippen molar-refractivity contribution in [1.82, 2.24) is 15.3 Å². The maximum Gasteiger partial charge on any atom is 0.271 e. The maximum absolute atomic E-state index is 13.6. The number of hydrogen-bond donors (Lipinski definition) is 2. The largest absolute Gasteiger partial charge is 0.486 e. The van der Waals surface area contributed by atoms with Gasteiger partial charge < -0.3 is 20.1 Å². The van der Waals surface area contributed by atoms with Crippen molar-refractivity contribution < 1.29 is 18.7 Å². The number of hydrogen-bond acceptors (Lipinski definition) is 6. The van der Waals surface area contributed by atoms with Crippen molar-refractivity contribution in [2.75, 3.05) is 25.1 Å². The molecule has 0 aliphatic carbocycles. The van der Waals surface area contributed by atoms with Crippen LogP contribution < -0.4 is 20.1 Å². The minimum Gasteiger partial charge on any atom is -0.486 e. The van der Waals surface area contributed by atoms with Gasteiger partial charge in [-0.25, -0.2) is 14.4 Å². The number of ether oxygens (including phenoxy) is 2. The Kier molecular flexibility index (Phi) is 5.51. The topological polar surface area (TPSA) is 85.4 Å². The predicted octanol–water partition coefficient (Wildman–Crippen LogP) is 3.10. The third-order valence-electron chi connectivity index (χ3n) is 4.34. The van der Waals surface area contributed by atoms with Gasteiger partial charge in [-0.15, -0.1) is 0 Å². The summed E-state index contributed by atoms with van der Waals surface area (Å²) in [6.45, 7) is 1.35. The van der Waals surface area contributed by atoms with Crippen LogP contribution in [0, 0.1) is 5.82 Å². The molecule has 1 aliphatic heterocycles. The molecule has 2 aromatic carbocycles. The van der Waals surface area contributed by atoms with Gasteiger partial charge in [-0.05, 0) is 30.2 Å². The molecule has 0 saturated heterocycles. The molecule has 1 amide bonds. The first kappa shape index (κ1) is 18.7. The Balaban J connectivity index is 1.32. The lowest BCUT2D eigenvalue weighted by atomic mass is 10.1. The molecule has 148 valence electrons. The number of fused-ring (bicyclic) bond motifs is 1. The quantitative estimate of drug-likeness (QED) is 0.668. The standard InChI is InChI=1S/C21H19FN4O3/c22-16-4-2-1-3-14(16)7-8-23-21(27)17-12-25-20(13-24-17)26-15-5-6-18-19(11-15)29-10-9-28-18/h1-6,11-13H,7-10H2,(H,23,27)(H,25,26). The fourth-order valence-electron chi connectivity index (χ4n) is 2.88. The van der Waals surface area contributed by atoms with Gasteiger partial charge in [0.1, 0.15) is 30.5 Å². The highest BCUT2D eigenvalue weighted by atomic mass is 19.1. The summed E-state index contributed by atoms with van der Waals surface area (Å²) in [4.78, 5) is 20.6. The van der Waals surface area contributed by atoms with Gasteiger partial charge in [0.15, 0.2) is 11.5 Å². The molecule has 1 aliphatic rings. The summed E-state index contributed by atoms with van der Waals surface area (Å²) in [7, 11) is 0. The second kappa shape index (κ2) is 8.55. The van der Waals surface area contributed by atoms with E-state index in [2.05, 4.69) is 20.6 Å². The molecule has 0 atom stereocenters. The summed E-state index contributed by atoms with van der Waals surface area (Å²) < 4.78 is 24.6. The van der Waals surface area contributed by atoms with E-state index in [1.165, 1.54) is 18.5 Å². The Morgan fingerprint density at radius 1 is 1.03 bits per heavy atom. The zero-order chi connectivity index (χ0) is 20.1. The Bertz CT molecular complexity index is 1010. The van der Waals surface area contributed by atoms with Crippen LogP contribution in [0.5, 0.6) is 11.5 Å². The van der Waals surface area contributed by atoms with Crippen LogP contribution in [0.2, 0.25) is 0 Å². The third-order valence-corrected chi connectivity index (χ3v) is 4.34. The van der Waals surface area contributed by atoms with Crippen molar-refractivity contribution in [2.24, 2.45) is 0 Å². The van der Waals surface area contributed by atoms with Gasteiger partial charge in [0.25, 0.3) is 5.91 Å². The number of rotatable bonds is 6. The molecule has 2 N–H and O–H groups in total. The average molecular weight is 394 g/mol. The van der Waals surface area contributed by atoms with E-state index in [0.29, 0.717) is 49.1 Å². The van der Waals surface area contributed by atoms with Gasteiger partial charge in [-0.1, -0.05) is 18.2 Å². The van der Waals surface area contributed by atoms with Gasteiger partial charge in [-0.2, -0.15) is 0 Å². The van der Waals surface area contributed by atoms with E-state index in [0.717, 1.165) is 5.69 Å². The number of nitrogens with zero attached hydrogens (tertiary/aromatic N) is 2. The molecule has 8 heteroatoms. The van der Waals surface area contributed by atoms with Crippen molar-refractivity contribution in [3.63, 3.8) is 0 Å². The third kappa shape index (κ3) is 4.60. The molecule has 29 heavy (non-hydrogen) atoms. The highest BCUT2D eigenvalue weighted by Crippen LogP contribution is 2.33. The number of halogens is 1. The Morgan fingerprint density at radius 2 is 1.86 bits per heavy atom. The SMILES string of the molecule is O=C(NCCc1ccccc1F)c1cnc(Nc2ccc3c(c2)OCCO3)cn1. The Hall–Kier alpha value is -3.68. The van der Waals surface area contributed by atoms with Crippen molar-refractivity contribution in [3.8, 4) is 11.5 Å². The van der Waals surface area contributed by atoms with Crippen LogP contribution in [0.15, 0.2) is 54.9 Å². The number of benzene rings is 2. The van der Waals surface area contributed by atoms with Crippen LogP contribution in [-0.4, -0.2) is 35.6 Å². The normalized spacial score (nSPS) is 12.3. The fourth-order valence-corrected chi connectivity index (χ4v) is 2.88. The van der Waals surface area contributed by atoms with Crippen molar-refractivity contribution in [1.29, 1.82) is 0 Å². The molecule has 7 nitrogen and oxygen atoms in total. The van der Waals surface area contributed by atoms with Crippen LogP contribution in [0.3, 0.4) is 0 Å². The summed E-state index contributed by atoms with van der Waals surface area (Å²) in [6.07, 6.45) is 3.26. The highest BCUT2D eigenvalue weighted by molar-refractivity contribution is 5.92. The number of anilines is 2. The predicted molar refractivity (Wildman–Crippen MR) is 105 cm³/mol. The number of aromatic nitrogens is 2. The first-order chi connectivity index (χ1) is 14.2. The molecule has 0 fully saturated rings. The molecule has 0 bridgehead atoms. The van der Waals surface area contributed by atoms with Crippen LogP contribution in [0.1, 0.15) is 16.1 Å². The second-order valence-corrected chi connectivity index (χ2v) is 6.37. The Labute approximate surface area is 166 Å². The highest BCUT2D eigenvalue weighted by Gasteiger charge is 2.12. The zero-order valence-electron chi connectivity index (χ0n) is 15.5. The van der Waals surface area contributed by atoms with Crippen molar-refractivity contribution >= 4 is 17.4 Å². The van der Waals surface area contributed by atoms with E-state index in [1.54, 1.807) is 18.2 Å². The minimum atomic E-state index is -0.361. The van der Waals surface area contributed by atoms with E-state index in [9.17, 15) is 9.18 Å². The molecule has 4 rings (SSSR count). The summed E-state index contributed by atoms with van der Waals surface area (Å²) >= 11 is 0. The lowest BCUT2D eigenvalue weighted by molar-refractivity contribution is 0.0948. The summed E-state index contributed by atoms with van der Waals surface area (Å²) in [6, 6.07) is 12.0. The van der Waals surface area contributed by atoms with Gasteiger partial charge in [0.2, 0.25) is 0 Å². The second-order valence-electron chi connectivity index (χ2n) is 6.37. The number of carbonyl (C=O) groups excluding carboxylic acids is 1. The summed E-state index contributed by atoms with van der Waals surface area (Å²) in [5.41, 5.74) is 1.51. The number of carbonyl (C=O) groups is 1. The van der Waals surface area contributed by atoms with E-state index in [-0.39, 0.29) is 17.4 Å². The van der Waals surface area contributed by atoms with Gasteiger partial charge in [0, 0.05) is 18.3 Å². The van der Waals surface area contributed by atoms with E-state index in [1.807, 2.05) is 18.2 Å². The van der Waals surface area contributed by atoms with Gasteiger partial charge in [0.05, 0.1) is 12.4 Å². The lowest BCUT2D eigenvalue weighted by Gasteiger charge is -2.19. The maximum atomic E-state index is 13.6. The van der Waals surface area contributed by atoms with Crippen LogP contribution in [0.25, 0.3) is 0 Å². The molecule has 0 radical (unpaired) electrons. The van der Waals surface area contributed by atoms with Crippen molar-refractivity contribution in [2.45, 2.75) is 6.42 Å². The monoisotopic (exact) mass is 394 g/mol.